The number of nitrogens with zero attached hydrogens (tertiary/aromatic N) is 2. The molecule has 2 aliphatic heterocycles. The van der Waals surface area contributed by atoms with Gasteiger partial charge in [0.2, 0.25) is 17.7 Å². The predicted molar refractivity (Wildman–Crippen MR) is 92.6 cm³/mol. The fourth-order valence-corrected chi connectivity index (χ4v) is 3.48. The van der Waals surface area contributed by atoms with E-state index in [2.05, 4.69) is 5.32 Å². The van der Waals surface area contributed by atoms with Crippen LogP contribution in [0.3, 0.4) is 0 Å². The first-order valence-corrected chi connectivity index (χ1v) is 9.07. The molecule has 7 heteroatoms. The number of rotatable bonds is 3. The van der Waals surface area contributed by atoms with Crippen molar-refractivity contribution in [3.8, 4) is 0 Å². The van der Waals surface area contributed by atoms with E-state index in [1.807, 2.05) is 20.8 Å². The van der Waals surface area contributed by atoms with Gasteiger partial charge in [-0.05, 0) is 40.5 Å². The summed E-state index contributed by atoms with van der Waals surface area (Å²) in [5, 5.41) is 2.54. The molecular weight excluding hydrogens is 330 g/mol. The van der Waals surface area contributed by atoms with Crippen LogP contribution in [0.5, 0.6) is 0 Å². The minimum absolute atomic E-state index is 0.0409. The number of nitrogens with one attached hydrogen (secondary N) is 1. The Labute approximate surface area is 148 Å². The molecule has 0 aromatic rings. The third-order valence-electron chi connectivity index (χ3n) is 4.80. The van der Waals surface area contributed by atoms with E-state index in [-0.39, 0.29) is 41.6 Å². The summed E-state index contributed by atoms with van der Waals surface area (Å²) in [6.07, 6.45) is 1.74. The first kappa shape index (κ1) is 19.0. The van der Waals surface area contributed by atoms with E-state index in [0.29, 0.717) is 19.6 Å². The SMILES string of the molecule is CC(Cl)C(=O)N1CCC(NC(=O)C2CC(=O)N(C(C)(C)C)C2)CC1. The van der Waals surface area contributed by atoms with Crippen LogP contribution in [-0.4, -0.2) is 64.1 Å². The van der Waals surface area contributed by atoms with Crippen LogP contribution in [0.2, 0.25) is 0 Å². The predicted octanol–water partition coefficient (Wildman–Crippen LogP) is 1.37. The second-order valence-electron chi connectivity index (χ2n) is 7.80. The van der Waals surface area contributed by atoms with E-state index in [0.717, 1.165) is 12.8 Å². The van der Waals surface area contributed by atoms with Crippen LogP contribution in [-0.2, 0) is 14.4 Å². The van der Waals surface area contributed by atoms with Gasteiger partial charge in [0.25, 0.3) is 0 Å². The molecule has 0 saturated carbocycles. The zero-order chi connectivity index (χ0) is 18.1. The zero-order valence-electron chi connectivity index (χ0n) is 15.0. The summed E-state index contributed by atoms with van der Waals surface area (Å²) < 4.78 is 0. The van der Waals surface area contributed by atoms with Gasteiger partial charge < -0.3 is 15.1 Å². The molecule has 2 atom stereocenters. The second kappa shape index (κ2) is 7.30. The van der Waals surface area contributed by atoms with Gasteiger partial charge in [0, 0.05) is 37.6 Å². The van der Waals surface area contributed by atoms with Gasteiger partial charge >= 0.3 is 0 Å². The molecule has 3 amide bonds. The molecule has 0 bridgehead atoms. The van der Waals surface area contributed by atoms with Crippen LogP contribution in [0.25, 0.3) is 0 Å². The highest BCUT2D eigenvalue weighted by Crippen LogP contribution is 2.26. The van der Waals surface area contributed by atoms with Gasteiger partial charge in [-0.15, -0.1) is 11.6 Å². The Morgan fingerprint density at radius 3 is 2.29 bits per heavy atom. The van der Waals surface area contributed by atoms with E-state index >= 15 is 0 Å². The molecule has 1 N–H and O–H groups in total. The van der Waals surface area contributed by atoms with Gasteiger partial charge in [-0.1, -0.05) is 0 Å². The molecular formula is C17H28ClN3O3. The average Bonchev–Trinajstić information content (AvgIpc) is 2.89. The Balaban J connectivity index is 1.82. The summed E-state index contributed by atoms with van der Waals surface area (Å²) in [6.45, 7) is 9.32. The third-order valence-corrected chi connectivity index (χ3v) is 4.99. The summed E-state index contributed by atoms with van der Waals surface area (Å²) in [4.78, 5) is 40.0. The number of carbonyl (C=O) groups excluding carboxylic acids is 3. The molecule has 2 rings (SSSR count). The Hall–Kier alpha value is -1.30. The largest absolute Gasteiger partial charge is 0.353 e. The lowest BCUT2D eigenvalue weighted by Gasteiger charge is -2.34. The zero-order valence-corrected chi connectivity index (χ0v) is 15.7. The smallest absolute Gasteiger partial charge is 0.240 e. The fraction of sp³-hybridized carbons (Fsp3) is 0.824. The maximum absolute atomic E-state index is 12.5. The molecule has 0 spiro atoms. The molecule has 136 valence electrons. The van der Waals surface area contributed by atoms with Crippen molar-refractivity contribution in [3.05, 3.63) is 0 Å². The Morgan fingerprint density at radius 2 is 1.83 bits per heavy atom. The highest BCUT2D eigenvalue weighted by atomic mass is 35.5. The molecule has 2 aliphatic rings. The Morgan fingerprint density at radius 1 is 1.25 bits per heavy atom. The van der Waals surface area contributed by atoms with E-state index < -0.39 is 5.38 Å². The third kappa shape index (κ3) is 4.41. The number of halogens is 1. The van der Waals surface area contributed by atoms with Crippen molar-refractivity contribution >= 4 is 29.3 Å². The van der Waals surface area contributed by atoms with Crippen LogP contribution < -0.4 is 5.32 Å². The molecule has 2 saturated heterocycles. The lowest BCUT2D eigenvalue weighted by molar-refractivity contribution is -0.133. The van der Waals surface area contributed by atoms with Gasteiger partial charge in [-0.2, -0.15) is 0 Å². The highest BCUT2D eigenvalue weighted by Gasteiger charge is 2.40. The number of alkyl halides is 1. The maximum Gasteiger partial charge on any atom is 0.240 e. The van der Waals surface area contributed by atoms with Crippen molar-refractivity contribution in [2.45, 2.75) is 63.9 Å². The van der Waals surface area contributed by atoms with Gasteiger partial charge in [-0.3, -0.25) is 14.4 Å². The molecule has 0 aromatic carbocycles. The number of amides is 3. The van der Waals surface area contributed by atoms with Gasteiger partial charge in [0.05, 0.1) is 5.92 Å². The average molecular weight is 358 g/mol. The molecule has 2 heterocycles. The van der Waals surface area contributed by atoms with Crippen LogP contribution in [0, 0.1) is 5.92 Å². The Kier molecular flexibility index (Phi) is 5.78. The number of hydrogen-bond acceptors (Lipinski definition) is 3. The first-order chi connectivity index (χ1) is 11.1. The highest BCUT2D eigenvalue weighted by molar-refractivity contribution is 6.30. The summed E-state index contributed by atoms with van der Waals surface area (Å²) in [5.74, 6) is -0.340. The van der Waals surface area contributed by atoms with Crippen LogP contribution in [0.4, 0.5) is 0 Å². The van der Waals surface area contributed by atoms with Crippen LogP contribution in [0.15, 0.2) is 0 Å². The van der Waals surface area contributed by atoms with E-state index in [1.54, 1.807) is 16.7 Å². The van der Waals surface area contributed by atoms with Gasteiger partial charge in [0.1, 0.15) is 5.38 Å². The summed E-state index contributed by atoms with van der Waals surface area (Å²) in [6, 6.07) is 0.0611. The summed E-state index contributed by atoms with van der Waals surface area (Å²) in [7, 11) is 0. The first-order valence-electron chi connectivity index (χ1n) is 8.63. The minimum Gasteiger partial charge on any atom is -0.353 e. The number of piperidine rings is 1. The Bertz CT molecular complexity index is 508. The quantitative estimate of drug-likeness (QED) is 0.775. The monoisotopic (exact) mass is 357 g/mol. The van der Waals surface area contributed by atoms with E-state index in [1.165, 1.54) is 0 Å². The molecule has 6 nitrogen and oxygen atoms in total. The number of hydrogen-bond donors (Lipinski definition) is 1. The lowest BCUT2D eigenvalue weighted by Crippen LogP contribution is -2.49. The molecule has 2 unspecified atom stereocenters. The number of likely N-dealkylation sites (tertiary alicyclic amines) is 2. The summed E-state index contributed by atoms with van der Waals surface area (Å²) in [5.41, 5.74) is -0.254. The maximum atomic E-state index is 12.5. The van der Waals surface area contributed by atoms with Crippen LogP contribution in [0.1, 0.15) is 47.0 Å². The molecule has 2 fully saturated rings. The van der Waals surface area contributed by atoms with Crippen molar-refractivity contribution in [2.75, 3.05) is 19.6 Å². The van der Waals surface area contributed by atoms with Crippen molar-refractivity contribution in [3.63, 3.8) is 0 Å². The molecule has 0 aromatic heterocycles. The molecule has 0 radical (unpaired) electrons. The normalized spacial score (nSPS) is 24.2. The number of carbonyl (C=O) groups is 3. The van der Waals surface area contributed by atoms with E-state index in [4.69, 9.17) is 11.6 Å². The fourth-order valence-electron chi connectivity index (χ4n) is 3.35. The topological polar surface area (TPSA) is 69.7 Å². The molecule has 0 aliphatic carbocycles. The van der Waals surface area contributed by atoms with Crippen molar-refractivity contribution in [1.29, 1.82) is 0 Å². The van der Waals surface area contributed by atoms with Gasteiger partial charge in [0.15, 0.2) is 0 Å². The van der Waals surface area contributed by atoms with Crippen molar-refractivity contribution < 1.29 is 14.4 Å². The van der Waals surface area contributed by atoms with Crippen LogP contribution >= 0.6 is 11.6 Å². The lowest BCUT2D eigenvalue weighted by atomic mass is 10.0. The van der Waals surface area contributed by atoms with Gasteiger partial charge in [-0.25, -0.2) is 0 Å². The molecule has 24 heavy (non-hydrogen) atoms. The van der Waals surface area contributed by atoms with Crippen molar-refractivity contribution in [2.24, 2.45) is 5.92 Å². The summed E-state index contributed by atoms with van der Waals surface area (Å²) >= 11 is 5.83. The van der Waals surface area contributed by atoms with E-state index in [9.17, 15) is 14.4 Å². The standard InChI is InChI=1S/C17H28ClN3O3/c1-11(18)16(24)20-7-5-13(6-8-20)19-15(23)12-9-14(22)21(10-12)17(2,3)4/h11-13H,5-10H2,1-4H3,(H,19,23). The minimum atomic E-state index is -0.510. The van der Waals surface area contributed by atoms with Crippen molar-refractivity contribution in [1.82, 2.24) is 15.1 Å². The second-order valence-corrected chi connectivity index (χ2v) is 8.46.